The summed E-state index contributed by atoms with van der Waals surface area (Å²) in [6.45, 7) is 1.05. The van der Waals surface area contributed by atoms with Crippen LogP contribution < -0.4 is 10.6 Å². The minimum atomic E-state index is 0.917. The molecule has 1 aliphatic rings. The van der Waals surface area contributed by atoms with Crippen molar-refractivity contribution in [3.05, 3.63) is 29.8 Å². The third-order valence-corrected chi connectivity index (χ3v) is 2.88. The number of anilines is 2. The van der Waals surface area contributed by atoms with Gasteiger partial charge in [-0.3, -0.25) is 0 Å². The van der Waals surface area contributed by atoms with Crippen LogP contribution in [0.5, 0.6) is 0 Å². The molecule has 0 radical (unpaired) electrons. The Morgan fingerprint density at radius 3 is 3.13 bits per heavy atom. The second-order valence-electron chi connectivity index (χ2n) is 3.83. The Hall–Kier alpha value is -1.77. The van der Waals surface area contributed by atoms with Crippen molar-refractivity contribution in [2.75, 3.05) is 24.2 Å². The summed E-state index contributed by atoms with van der Waals surface area (Å²) in [7, 11) is 1.89. The van der Waals surface area contributed by atoms with Crippen LogP contribution in [0.15, 0.2) is 24.3 Å². The Bertz CT molecular complexity index is 520. The van der Waals surface area contributed by atoms with Crippen LogP contribution in [-0.2, 0) is 6.42 Å². The Balaban J connectivity index is 2.24. The minimum absolute atomic E-state index is 0.917. The summed E-state index contributed by atoms with van der Waals surface area (Å²) in [6, 6.07) is 8.50. The fraction of sp³-hybridized carbons (Fsp3) is 0.250. The highest BCUT2D eigenvalue weighted by Crippen LogP contribution is 2.27. The van der Waals surface area contributed by atoms with E-state index in [1.807, 2.05) is 13.1 Å². The van der Waals surface area contributed by atoms with Crippen LogP contribution in [0, 0.1) is 0 Å². The molecule has 0 unspecified atom stereocenters. The van der Waals surface area contributed by atoms with E-state index in [-0.39, 0.29) is 0 Å². The molecule has 15 heavy (non-hydrogen) atoms. The first-order valence-corrected chi connectivity index (χ1v) is 5.22. The molecule has 1 aromatic heterocycles. The molecule has 2 aromatic rings. The highest BCUT2D eigenvalue weighted by molar-refractivity contribution is 5.86. The van der Waals surface area contributed by atoms with Crippen LogP contribution in [0.1, 0.15) is 5.56 Å². The molecule has 3 nitrogen and oxygen atoms in total. The number of aromatic nitrogens is 1. The molecule has 2 heterocycles. The van der Waals surface area contributed by atoms with Crippen LogP contribution in [0.25, 0.3) is 10.9 Å². The summed E-state index contributed by atoms with van der Waals surface area (Å²) < 4.78 is 0. The zero-order chi connectivity index (χ0) is 10.3. The lowest BCUT2D eigenvalue weighted by atomic mass is 10.1. The molecule has 1 aliphatic heterocycles. The summed E-state index contributed by atoms with van der Waals surface area (Å²) in [4.78, 5) is 4.52. The normalized spacial score (nSPS) is 13.7. The number of benzene rings is 1. The summed E-state index contributed by atoms with van der Waals surface area (Å²) in [6.07, 6.45) is 1.12. The van der Waals surface area contributed by atoms with E-state index in [0.29, 0.717) is 0 Å². The Kier molecular flexibility index (Phi) is 1.78. The van der Waals surface area contributed by atoms with Gasteiger partial charge in [0, 0.05) is 24.7 Å². The minimum Gasteiger partial charge on any atom is -0.384 e. The summed E-state index contributed by atoms with van der Waals surface area (Å²) in [5.74, 6) is 0.917. The van der Waals surface area contributed by atoms with Crippen LogP contribution in [0.4, 0.5) is 11.5 Å². The molecule has 2 N–H and O–H groups in total. The Morgan fingerprint density at radius 1 is 1.33 bits per heavy atom. The standard InChI is InChI=1S/C12H13N3/c1-13-12-3-2-8-6-9-4-5-14-10(9)7-11(8)15-12/h2-3,6-7,14H,4-5H2,1H3,(H,13,15). The quantitative estimate of drug-likeness (QED) is 0.739. The second-order valence-corrected chi connectivity index (χ2v) is 3.83. The average molecular weight is 199 g/mol. The van der Waals surface area contributed by atoms with Crippen molar-refractivity contribution in [2.45, 2.75) is 6.42 Å². The van der Waals surface area contributed by atoms with Gasteiger partial charge in [-0.2, -0.15) is 0 Å². The van der Waals surface area contributed by atoms with Crippen molar-refractivity contribution in [1.82, 2.24) is 4.98 Å². The zero-order valence-corrected chi connectivity index (χ0v) is 8.67. The first kappa shape index (κ1) is 8.53. The first-order valence-electron chi connectivity index (χ1n) is 5.22. The molecule has 0 aliphatic carbocycles. The molecule has 0 fully saturated rings. The Labute approximate surface area is 88.5 Å². The fourth-order valence-corrected chi connectivity index (χ4v) is 2.06. The average Bonchev–Trinajstić information content (AvgIpc) is 2.72. The smallest absolute Gasteiger partial charge is 0.126 e. The van der Waals surface area contributed by atoms with Crippen molar-refractivity contribution < 1.29 is 0 Å². The molecule has 0 amide bonds. The van der Waals surface area contributed by atoms with E-state index < -0.39 is 0 Å². The van der Waals surface area contributed by atoms with Gasteiger partial charge in [0.15, 0.2) is 0 Å². The van der Waals surface area contributed by atoms with Crippen molar-refractivity contribution in [3.8, 4) is 0 Å². The molecule has 0 spiro atoms. The fourth-order valence-electron chi connectivity index (χ4n) is 2.06. The van der Waals surface area contributed by atoms with E-state index >= 15 is 0 Å². The van der Waals surface area contributed by atoms with Gasteiger partial charge >= 0.3 is 0 Å². The topological polar surface area (TPSA) is 37.0 Å². The maximum absolute atomic E-state index is 4.52. The first-order chi connectivity index (χ1) is 7.36. The maximum Gasteiger partial charge on any atom is 0.126 e. The zero-order valence-electron chi connectivity index (χ0n) is 8.67. The van der Waals surface area contributed by atoms with Gasteiger partial charge in [0.1, 0.15) is 5.82 Å². The monoisotopic (exact) mass is 199 g/mol. The van der Waals surface area contributed by atoms with Crippen LogP contribution in [0.2, 0.25) is 0 Å². The molecule has 3 rings (SSSR count). The van der Waals surface area contributed by atoms with E-state index in [1.165, 1.54) is 16.6 Å². The number of fused-ring (bicyclic) bond motifs is 2. The van der Waals surface area contributed by atoms with Gasteiger partial charge in [0.25, 0.3) is 0 Å². The van der Waals surface area contributed by atoms with Crippen molar-refractivity contribution in [3.63, 3.8) is 0 Å². The number of hydrogen-bond donors (Lipinski definition) is 2. The van der Waals surface area contributed by atoms with E-state index in [1.54, 1.807) is 0 Å². The van der Waals surface area contributed by atoms with E-state index in [2.05, 4.69) is 33.8 Å². The maximum atomic E-state index is 4.52. The summed E-state index contributed by atoms with van der Waals surface area (Å²) in [5.41, 5.74) is 3.69. The number of hydrogen-bond acceptors (Lipinski definition) is 3. The number of rotatable bonds is 1. The van der Waals surface area contributed by atoms with Gasteiger partial charge in [0.2, 0.25) is 0 Å². The predicted octanol–water partition coefficient (Wildman–Crippen LogP) is 2.24. The van der Waals surface area contributed by atoms with Gasteiger partial charge in [-0.15, -0.1) is 0 Å². The van der Waals surface area contributed by atoms with Crippen molar-refractivity contribution >= 4 is 22.4 Å². The van der Waals surface area contributed by atoms with E-state index in [4.69, 9.17) is 0 Å². The molecular formula is C12H13N3. The second kappa shape index (κ2) is 3.12. The molecule has 0 saturated carbocycles. The lowest BCUT2D eigenvalue weighted by Crippen LogP contribution is -1.93. The van der Waals surface area contributed by atoms with Gasteiger partial charge in [-0.1, -0.05) is 0 Å². The van der Waals surface area contributed by atoms with Crippen molar-refractivity contribution in [1.29, 1.82) is 0 Å². The largest absolute Gasteiger partial charge is 0.384 e. The third kappa shape index (κ3) is 1.31. The van der Waals surface area contributed by atoms with Crippen LogP contribution in [-0.4, -0.2) is 18.6 Å². The van der Waals surface area contributed by atoms with Crippen LogP contribution in [0.3, 0.4) is 0 Å². The lowest BCUT2D eigenvalue weighted by Gasteiger charge is -2.05. The molecule has 76 valence electrons. The SMILES string of the molecule is CNc1ccc2cc3c(cc2n1)NCC3. The molecule has 0 saturated heterocycles. The van der Waals surface area contributed by atoms with Crippen LogP contribution >= 0.6 is 0 Å². The van der Waals surface area contributed by atoms with Crippen molar-refractivity contribution in [2.24, 2.45) is 0 Å². The molecule has 0 atom stereocenters. The highest BCUT2D eigenvalue weighted by atomic mass is 15.0. The number of nitrogens with zero attached hydrogens (tertiary/aromatic N) is 1. The van der Waals surface area contributed by atoms with Gasteiger partial charge < -0.3 is 10.6 Å². The van der Waals surface area contributed by atoms with Gasteiger partial charge in [-0.05, 0) is 36.2 Å². The predicted molar refractivity (Wildman–Crippen MR) is 63.5 cm³/mol. The van der Waals surface area contributed by atoms with E-state index in [9.17, 15) is 0 Å². The Morgan fingerprint density at radius 2 is 2.27 bits per heavy atom. The molecule has 1 aromatic carbocycles. The summed E-state index contributed by atoms with van der Waals surface area (Å²) in [5, 5.41) is 7.64. The molecule has 0 bridgehead atoms. The number of pyridine rings is 1. The highest BCUT2D eigenvalue weighted by Gasteiger charge is 2.11. The number of nitrogens with one attached hydrogen (secondary N) is 2. The third-order valence-electron chi connectivity index (χ3n) is 2.88. The summed E-state index contributed by atoms with van der Waals surface area (Å²) >= 11 is 0. The molecular weight excluding hydrogens is 186 g/mol. The lowest BCUT2D eigenvalue weighted by molar-refractivity contribution is 1.11. The van der Waals surface area contributed by atoms with Gasteiger partial charge in [0.05, 0.1) is 5.52 Å². The molecule has 3 heteroatoms. The van der Waals surface area contributed by atoms with Gasteiger partial charge in [-0.25, -0.2) is 4.98 Å². The van der Waals surface area contributed by atoms with E-state index in [0.717, 1.165) is 24.3 Å².